The topological polar surface area (TPSA) is 391 Å². The van der Waals surface area contributed by atoms with Gasteiger partial charge in [-0.3, -0.25) is 26.8 Å². The van der Waals surface area contributed by atoms with E-state index in [2.05, 4.69) is 37.7 Å². The van der Waals surface area contributed by atoms with Gasteiger partial charge in [-0.05, 0) is 23.3 Å². The van der Waals surface area contributed by atoms with Crippen molar-refractivity contribution in [2.24, 2.45) is 11.5 Å². The number of ketones is 2. The van der Waals surface area contributed by atoms with Gasteiger partial charge in [-0.25, -0.2) is 9.59 Å². The molecule has 4 atom stereocenters. The molecule has 26 nitrogen and oxygen atoms in total. The van der Waals surface area contributed by atoms with Crippen LogP contribution < -0.4 is 93.9 Å². The fourth-order valence-corrected chi connectivity index (χ4v) is 6.33. The number of benzene rings is 2. The number of rotatable bonds is 24. The number of ether oxygens (including phenoxy) is 2. The van der Waals surface area contributed by atoms with Crippen LogP contribution in [0.2, 0.25) is 0 Å². The number of nitrogens with zero attached hydrogens (tertiary/aromatic N) is 5. The number of alkyl carbamates (subject to hydrolysis) is 2. The predicted octanol–water partition coefficient (Wildman–Crippen LogP) is -4.90. The van der Waals surface area contributed by atoms with Crippen LogP contribution in [0.4, 0.5) is 9.59 Å². The minimum atomic E-state index is -1.29. The van der Waals surface area contributed by atoms with E-state index in [0.29, 0.717) is 15.7 Å². The fraction of sp³-hybridized carbons (Fsp3) is 0.500. The molecule has 2 aromatic carbocycles. The maximum absolute atomic E-state index is 12.3. The Morgan fingerprint density at radius 3 is 1.25 bits per heavy atom. The molecule has 0 radical (unpaired) electrons. The molecule has 0 aliphatic heterocycles. The summed E-state index contributed by atoms with van der Waals surface area (Å²) in [4.78, 5) is 96.0. The van der Waals surface area contributed by atoms with Crippen molar-refractivity contribution in [3.8, 4) is 0 Å². The van der Waals surface area contributed by atoms with E-state index in [9.17, 15) is 58.8 Å². The molecule has 0 aliphatic carbocycles. The molecule has 10 N–H and O–H groups in total. The van der Waals surface area contributed by atoms with Gasteiger partial charge >= 0.3 is 63.6 Å². The molecule has 29 heteroatoms. The third kappa shape index (κ3) is 40.3. The zero-order valence-electron chi connectivity index (χ0n) is 47.3. The van der Waals surface area contributed by atoms with Gasteiger partial charge < -0.3 is 111 Å². The second-order valence-electron chi connectivity index (χ2n) is 20.5. The van der Waals surface area contributed by atoms with Crippen molar-refractivity contribution >= 4 is 72.7 Å². The maximum atomic E-state index is 12.3. The van der Waals surface area contributed by atoms with Gasteiger partial charge in [0.1, 0.15) is 37.4 Å². The fourth-order valence-electron chi connectivity index (χ4n) is 6.14. The smallest absolute Gasteiger partial charge is 0.544 e. The van der Waals surface area contributed by atoms with Gasteiger partial charge in [-0.2, -0.15) is 0 Å². The van der Waals surface area contributed by atoms with E-state index in [4.69, 9.17) is 39.7 Å². The van der Waals surface area contributed by atoms with Crippen LogP contribution in [-0.4, -0.2) is 203 Å². The van der Waals surface area contributed by atoms with Crippen LogP contribution >= 0.6 is 12.2 Å². The first-order valence-electron chi connectivity index (χ1n) is 23.4. The number of aromatic nitrogens is 2. The molecule has 1 aromatic heterocycles. The van der Waals surface area contributed by atoms with Crippen molar-refractivity contribution in [2.75, 3.05) is 97.7 Å². The zero-order valence-corrected chi connectivity index (χ0v) is 52.1. The average Bonchev–Trinajstić information content (AvgIpc) is 3.74. The third-order valence-electron chi connectivity index (χ3n) is 10.7. The average molecular weight is 1210 g/mol. The molecule has 0 saturated carbocycles. The van der Waals surface area contributed by atoms with E-state index in [1.165, 1.54) is 6.20 Å². The number of aliphatic carboxylic acids is 4. The summed E-state index contributed by atoms with van der Waals surface area (Å²) in [5, 5.41) is 48.9. The number of amides is 2. The molecule has 3 rings (SSSR count). The minimum Gasteiger partial charge on any atom is -0.544 e. The standard InChI is InChI=1S/C24H29N3O6.C9H15N3O2S.2C8H16N2O3.CNS.2CH4.K.H2O.2H2/c1-27(2,3)21(22(28)29)14-20(26-24(31)33-17-19-12-8-5-9-13-19)15-25-23(30)32-16-18-10-6-4-7-11-18;1-12(2,3)7(8(13)14)4-6-5-10-9(15)11-6;2*1-10(2,3)7(8(12)13)4-6(11)5-9;1-2-3;;;;;;/h4-13,15,21H,14,16-17H2,1-3H3,(H2-,25,26,28,29,30,31);5,7H,4H2,1-3H3,(H2-,10,11,13,14,15);2*7H,4-5,9H2,1-3H3;;2*1H4;;1H2;2*1H/q;;;;-1;;;+1;;;/b20-15-;;;;;;;;;;/t21-;3*7-;;;;;;;/m0000......./s1/i;;;;;;;;;2*1+1. The summed E-state index contributed by atoms with van der Waals surface area (Å²) in [5.74, 6) is -5.30. The SMILES string of the molecule is C.C.C[N+](C)(C)[C@@H](C/C(=C/NC(=O)OCc1ccccc1)NC(=O)OCc1ccccc1)C(=O)[O-].C[N+](C)(C)[C@@H](CC(=O)CN)C(=O)[O-].C[N+](C)(C)[C@@H](CC(=O)CN)C(=O)[O-].C[N+](C)(C)[C@@H](Cc1c[nH]c(=S)[nH]1)C(=O)[O-].O.[2HH].[2HH].[C-]#[N+][S-].[K+]. The Labute approximate surface area is 533 Å². The molecule has 0 spiro atoms. The Morgan fingerprint density at radius 1 is 0.642 bits per heavy atom. The van der Waals surface area contributed by atoms with Crippen LogP contribution in [0.3, 0.4) is 0 Å². The Kier molecular flexibility index (Phi) is 46.2. The number of hydrogen-bond donors (Lipinski definition) is 6. The van der Waals surface area contributed by atoms with Crippen molar-refractivity contribution in [3.05, 3.63) is 111 Å². The van der Waals surface area contributed by atoms with E-state index in [1.807, 2.05) is 69.7 Å². The monoisotopic (exact) mass is 1210 g/mol. The van der Waals surface area contributed by atoms with Crippen LogP contribution in [0.1, 0.15) is 53.8 Å². The molecule has 0 saturated heterocycles. The summed E-state index contributed by atoms with van der Waals surface area (Å²) < 4.78 is 13.8. The van der Waals surface area contributed by atoms with Crippen LogP contribution in [0, 0.1) is 11.3 Å². The van der Waals surface area contributed by atoms with Crippen molar-refractivity contribution in [2.45, 2.75) is 77.9 Å². The largest absolute Gasteiger partial charge is 1.00 e. The van der Waals surface area contributed by atoms with Gasteiger partial charge in [0.25, 0.3) is 0 Å². The Morgan fingerprint density at radius 2 is 0.963 bits per heavy atom. The minimum absolute atomic E-state index is 0. The van der Waals surface area contributed by atoms with Crippen LogP contribution in [-0.2, 0) is 70.7 Å². The second-order valence-corrected chi connectivity index (χ2v) is 21.1. The Hall–Kier alpha value is -5.56. The number of carboxylic acids is 4. The van der Waals surface area contributed by atoms with E-state index in [0.717, 1.165) is 16.8 Å². The van der Waals surface area contributed by atoms with Gasteiger partial charge in [0, 0.05) is 39.5 Å². The number of quaternary nitrogens is 4. The maximum Gasteiger partial charge on any atom is 1.00 e. The van der Waals surface area contributed by atoms with Crippen LogP contribution in [0.25, 0.3) is 4.25 Å². The first-order valence-corrected chi connectivity index (χ1v) is 24.1. The third-order valence-corrected chi connectivity index (χ3v) is 10.9. The first-order chi connectivity index (χ1) is 35.4. The normalized spacial score (nSPS) is 12.1. The van der Waals surface area contributed by atoms with Crippen LogP contribution in [0.15, 0.2) is 78.8 Å². The van der Waals surface area contributed by atoms with Gasteiger partial charge in [0.05, 0.1) is 134 Å². The molecular formula is C52H90KN11O15S2. The van der Waals surface area contributed by atoms with E-state index >= 15 is 0 Å². The number of carbonyl (C=O) groups excluding carboxylic acids is 8. The van der Waals surface area contributed by atoms with Crippen molar-refractivity contribution in [1.82, 2.24) is 20.6 Å². The number of carbonyl (C=O) groups is 8. The number of nitrogens with one attached hydrogen (secondary N) is 4. The number of H-pyrrole nitrogens is 2. The number of imidazole rings is 1. The molecule has 0 fully saturated rings. The second kappa shape index (κ2) is 43.2. The number of nitrogens with two attached hydrogens (primary N) is 2. The molecule has 81 heavy (non-hydrogen) atoms. The molecule has 0 aliphatic rings. The van der Waals surface area contributed by atoms with Crippen molar-refractivity contribution in [1.29, 1.82) is 0 Å². The summed E-state index contributed by atoms with van der Waals surface area (Å²) in [6, 6.07) is 15.0. The van der Waals surface area contributed by atoms with E-state index in [-0.39, 0.29) is 151 Å². The predicted molar refractivity (Wildman–Crippen MR) is 302 cm³/mol. The Balaban J connectivity index is -0.000000159. The molecule has 2 amide bonds. The van der Waals surface area contributed by atoms with E-state index in [1.54, 1.807) is 81.8 Å². The summed E-state index contributed by atoms with van der Waals surface area (Å²) in [5.41, 5.74) is 12.7. The molecule has 3 aromatic rings. The first kappa shape index (κ1) is 86.7. The molecule has 456 valence electrons. The summed E-state index contributed by atoms with van der Waals surface area (Å²) >= 11 is 8.55. The number of hydrogen-bond acceptors (Lipinski definition) is 18. The quantitative estimate of drug-likeness (QED) is 0.0161. The molecular weight excluding hydrogens is 1120 g/mol. The molecule has 0 unspecified atom stereocenters. The van der Waals surface area contributed by atoms with Gasteiger partial charge in [-0.1, -0.05) is 75.5 Å². The number of Topliss-reactive ketones (excluding diaryl/α,β-unsaturated/α-hetero) is 2. The van der Waals surface area contributed by atoms with Crippen LogP contribution in [0.5, 0.6) is 0 Å². The summed E-state index contributed by atoms with van der Waals surface area (Å²) in [6.07, 6.45) is 1.46. The summed E-state index contributed by atoms with van der Waals surface area (Å²) in [7, 11) is 20.7. The molecule has 1 heterocycles. The van der Waals surface area contributed by atoms with Gasteiger partial charge in [-0.15, -0.1) is 0 Å². The summed E-state index contributed by atoms with van der Waals surface area (Å²) in [6.45, 7) is 5.50. The Bertz CT molecular complexity index is 2450. The van der Waals surface area contributed by atoms with Gasteiger partial charge in [0.15, 0.2) is 16.3 Å². The number of likely N-dealkylation sites (N-methyl/N-ethyl adjacent to an activating group) is 4. The van der Waals surface area contributed by atoms with Gasteiger partial charge in [0.2, 0.25) is 0 Å². The number of aromatic amines is 2. The molecule has 0 bridgehead atoms. The number of carboxylic acid groups (broad SMARTS) is 4. The van der Waals surface area contributed by atoms with Crippen molar-refractivity contribution in [3.63, 3.8) is 0 Å². The van der Waals surface area contributed by atoms with E-state index < -0.39 is 60.2 Å². The zero-order chi connectivity index (χ0) is 59.9. The van der Waals surface area contributed by atoms with Crippen molar-refractivity contribution < 1.29 is 146 Å².